The summed E-state index contributed by atoms with van der Waals surface area (Å²) in [4.78, 5) is 0. The molecule has 3 heteroatoms. The highest BCUT2D eigenvalue weighted by molar-refractivity contribution is 5.25. The predicted octanol–water partition coefficient (Wildman–Crippen LogP) is 3.18. The lowest BCUT2D eigenvalue weighted by molar-refractivity contribution is 0.604. The van der Waals surface area contributed by atoms with Gasteiger partial charge in [-0.25, -0.2) is 4.39 Å². The summed E-state index contributed by atoms with van der Waals surface area (Å²) in [6.07, 6.45) is 0. The molecule has 0 amide bonds. The van der Waals surface area contributed by atoms with Gasteiger partial charge in [-0.1, -0.05) is 42.5 Å². The summed E-state index contributed by atoms with van der Waals surface area (Å²) < 4.78 is 13.1. The van der Waals surface area contributed by atoms with Gasteiger partial charge in [-0.05, 0) is 23.3 Å². The number of nitrogens with one attached hydrogen (secondary N) is 1. The van der Waals surface area contributed by atoms with Gasteiger partial charge >= 0.3 is 0 Å². The molecule has 0 aliphatic rings. The van der Waals surface area contributed by atoms with Gasteiger partial charge < -0.3 is 0 Å². The van der Waals surface area contributed by atoms with Crippen LogP contribution in [0.4, 0.5) is 4.39 Å². The van der Waals surface area contributed by atoms with Gasteiger partial charge in [0, 0.05) is 6.54 Å². The van der Waals surface area contributed by atoms with Crippen molar-refractivity contribution in [2.45, 2.75) is 12.6 Å². The monoisotopic (exact) mass is 240 g/mol. The third kappa shape index (κ3) is 3.16. The number of rotatable bonds is 4. The van der Waals surface area contributed by atoms with Crippen LogP contribution in [0, 0.1) is 17.1 Å². The molecular weight excluding hydrogens is 227 g/mol. The van der Waals surface area contributed by atoms with E-state index in [0.29, 0.717) is 12.1 Å². The van der Waals surface area contributed by atoms with Crippen molar-refractivity contribution in [3.63, 3.8) is 0 Å². The molecule has 2 rings (SSSR count). The van der Waals surface area contributed by atoms with E-state index < -0.39 is 6.04 Å². The molecule has 1 N–H and O–H groups in total. The molecule has 2 aromatic carbocycles. The van der Waals surface area contributed by atoms with Gasteiger partial charge in [0.15, 0.2) is 0 Å². The topological polar surface area (TPSA) is 35.8 Å². The lowest BCUT2D eigenvalue weighted by Crippen LogP contribution is -2.19. The van der Waals surface area contributed by atoms with Crippen molar-refractivity contribution in [3.05, 3.63) is 71.5 Å². The normalized spacial score (nSPS) is 11.8. The van der Waals surface area contributed by atoms with Gasteiger partial charge in [-0.15, -0.1) is 0 Å². The lowest BCUT2D eigenvalue weighted by atomic mass is 10.1. The predicted molar refractivity (Wildman–Crippen MR) is 68.0 cm³/mol. The highest BCUT2D eigenvalue weighted by Gasteiger charge is 2.10. The summed E-state index contributed by atoms with van der Waals surface area (Å²) >= 11 is 0. The average Bonchev–Trinajstić information content (AvgIpc) is 2.41. The standard InChI is InChI=1S/C15H13FN2/c16-14-8-4-7-13(9-14)15(10-17)18-11-12-5-2-1-3-6-12/h1-9,15,18H,11H2. The van der Waals surface area contributed by atoms with Gasteiger partial charge in [-0.2, -0.15) is 5.26 Å². The molecule has 0 heterocycles. The fourth-order valence-corrected chi connectivity index (χ4v) is 1.74. The van der Waals surface area contributed by atoms with Gasteiger partial charge in [-0.3, -0.25) is 5.32 Å². The van der Waals surface area contributed by atoms with Crippen molar-refractivity contribution in [2.24, 2.45) is 0 Å². The Bertz CT molecular complexity index is 546. The minimum absolute atomic E-state index is 0.325. The molecule has 18 heavy (non-hydrogen) atoms. The summed E-state index contributed by atoms with van der Waals surface area (Å²) in [6, 6.07) is 17.5. The molecule has 0 bridgehead atoms. The van der Waals surface area contributed by atoms with Crippen molar-refractivity contribution >= 4 is 0 Å². The summed E-state index contributed by atoms with van der Waals surface area (Å²) in [5.74, 6) is -0.325. The van der Waals surface area contributed by atoms with Gasteiger partial charge in [0.1, 0.15) is 11.9 Å². The summed E-state index contributed by atoms with van der Waals surface area (Å²) in [5.41, 5.74) is 1.74. The maximum absolute atomic E-state index is 13.1. The van der Waals surface area contributed by atoms with Gasteiger partial charge in [0.2, 0.25) is 0 Å². The van der Waals surface area contributed by atoms with Gasteiger partial charge in [0.05, 0.1) is 6.07 Å². The fourth-order valence-electron chi connectivity index (χ4n) is 1.74. The molecule has 1 atom stereocenters. The molecule has 0 fully saturated rings. The SMILES string of the molecule is N#CC(NCc1ccccc1)c1cccc(F)c1. The van der Waals surface area contributed by atoms with E-state index in [0.717, 1.165) is 5.56 Å². The van der Waals surface area contributed by atoms with Crippen LogP contribution >= 0.6 is 0 Å². The third-order valence-corrected chi connectivity index (χ3v) is 2.66. The highest BCUT2D eigenvalue weighted by atomic mass is 19.1. The number of hydrogen-bond acceptors (Lipinski definition) is 2. The quantitative estimate of drug-likeness (QED) is 0.890. The van der Waals surface area contributed by atoms with E-state index >= 15 is 0 Å². The first-order chi connectivity index (χ1) is 8.79. The highest BCUT2D eigenvalue weighted by Crippen LogP contribution is 2.14. The van der Waals surface area contributed by atoms with E-state index in [1.54, 1.807) is 12.1 Å². The van der Waals surface area contributed by atoms with Crippen LogP contribution in [0.5, 0.6) is 0 Å². The van der Waals surface area contributed by atoms with Gasteiger partial charge in [0.25, 0.3) is 0 Å². The Morgan fingerprint density at radius 3 is 2.56 bits per heavy atom. The van der Waals surface area contributed by atoms with E-state index in [1.807, 2.05) is 30.3 Å². The number of halogens is 1. The average molecular weight is 240 g/mol. The van der Waals surface area contributed by atoms with E-state index in [2.05, 4.69) is 11.4 Å². The third-order valence-electron chi connectivity index (χ3n) is 2.66. The first-order valence-corrected chi connectivity index (χ1v) is 5.72. The first-order valence-electron chi connectivity index (χ1n) is 5.72. The van der Waals surface area contributed by atoms with Crippen molar-refractivity contribution in [1.29, 1.82) is 5.26 Å². The number of nitrogens with zero attached hydrogens (tertiary/aromatic N) is 1. The molecule has 0 spiro atoms. The largest absolute Gasteiger partial charge is 0.294 e. The Hall–Kier alpha value is -2.18. The van der Waals surface area contributed by atoms with Crippen LogP contribution in [0.15, 0.2) is 54.6 Å². The Morgan fingerprint density at radius 1 is 1.11 bits per heavy atom. The zero-order valence-corrected chi connectivity index (χ0v) is 9.81. The zero-order chi connectivity index (χ0) is 12.8. The van der Waals surface area contributed by atoms with Crippen LogP contribution in [-0.2, 0) is 6.54 Å². The molecule has 2 aromatic rings. The molecule has 1 unspecified atom stereocenters. The molecule has 0 saturated carbocycles. The Balaban J connectivity index is 2.05. The Labute approximate surface area is 106 Å². The molecule has 0 saturated heterocycles. The number of benzene rings is 2. The second-order valence-corrected chi connectivity index (χ2v) is 3.98. The summed E-state index contributed by atoms with van der Waals surface area (Å²) in [6.45, 7) is 0.579. The molecule has 2 nitrogen and oxygen atoms in total. The van der Waals surface area contributed by atoms with Crippen LogP contribution in [0.25, 0.3) is 0 Å². The van der Waals surface area contributed by atoms with E-state index in [1.165, 1.54) is 12.1 Å². The summed E-state index contributed by atoms with van der Waals surface area (Å²) in [7, 11) is 0. The van der Waals surface area contributed by atoms with E-state index in [9.17, 15) is 4.39 Å². The molecule has 90 valence electrons. The molecule has 0 aromatic heterocycles. The smallest absolute Gasteiger partial charge is 0.123 e. The van der Waals surface area contributed by atoms with E-state index in [-0.39, 0.29) is 5.82 Å². The van der Waals surface area contributed by atoms with Crippen molar-refractivity contribution in [1.82, 2.24) is 5.32 Å². The number of nitriles is 1. The lowest BCUT2D eigenvalue weighted by Gasteiger charge is -2.11. The molecule has 0 radical (unpaired) electrons. The second-order valence-electron chi connectivity index (χ2n) is 3.98. The minimum Gasteiger partial charge on any atom is -0.294 e. The van der Waals surface area contributed by atoms with Crippen LogP contribution in [0.3, 0.4) is 0 Å². The van der Waals surface area contributed by atoms with Crippen molar-refractivity contribution < 1.29 is 4.39 Å². The molecular formula is C15H13FN2. The van der Waals surface area contributed by atoms with Crippen molar-refractivity contribution in [3.8, 4) is 6.07 Å². The Kier molecular flexibility index (Phi) is 4.06. The van der Waals surface area contributed by atoms with Crippen LogP contribution in [-0.4, -0.2) is 0 Å². The van der Waals surface area contributed by atoms with E-state index in [4.69, 9.17) is 5.26 Å². The van der Waals surface area contributed by atoms with Crippen LogP contribution in [0.2, 0.25) is 0 Å². The van der Waals surface area contributed by atoms with Crippen LogP contribution < -0.4 is 5.32 Å². The maximum atomic E-state index is 13.1. The minimum atomic E-state index is -0.499. The first kappa shape index (κ1) is 12.3. The zero-order valence-electron chi connectivity index (χ0n) is 9.81. The fraction of sp³-hybridized carbons (Fsp3) is 0.133. The Morgan fingerprint density at radius 2 is 1.89 bits per heavy atom. The van der Waals surface area contributed by atoms with Crippen LogP contribution in [0.1, 0.15) is 17.2 Å². The molecule has 0 aliphatic carbocycles. The second kappa shape index (κ2) is 5.95. The number of hydrogen-bond donors (Lipinski definition) is 1. The van der Waals surface area contributed by atoms with Crippen molar-refractivity contribution in [2.75, 3.05) is 0 Å². The maximum Gasteiger partial charge on any atom is 0.123 e. The molecule has 0 aliphatic heterocycles. The summed E-state index contributed by atoms with van der Waals surface area (Å²) in [5, 5.41) is 12.2.